The molecule has 1 saturated heterocycles. The van der Waals surface area contributed by atoms with Crippen molar-refractivity contribution < 1.29 is 0 Å². The first kappa shape index (κ1) is 12.5. The second-order valence-electron chi connectivity index (χ2n) is 4.31. The van der Waals surface area contributed by atoms with Crippen LogP contribution in [0.3, 0.4) is 0 Å². The summed E-state index contributed by atoms with van der Waals surface area (Å²) >= 11 is 3.41. The van der Waals surface area contributed by atoms with Crippen LogP contribution in [-0.4, -0.2) is 18.4 Å². The number of hydrogen-bond donors (Lipinski definition) is 0. The van der Waals surface area contributed by atoms with Gasteiger partial charge in [0.25, 0.3) is 0 Å². The summed E-state index contributed by atoms with van der Waals surface area (Å²) in [4.78, 5) is 2.47. The number of rotatable bonds is 2. The van der Waals surface area contributed by atoms with Gasteiger partial charge in [-0.1, -0.05) is 39.9 Å². The van der Waals surface area contributed by atoms with E-state index in [0.717, 1.165) is 11.8 Å². The topological polar surface area (TPSA) is 3.24 Å². The lowest BCUT2D eigenvalue weighted by Gasteiger charge is -2.29. The van der Waals surface area contributed by atoms with Crippen LogP contribution in [0.5, 0.6) is 0 Å². The highest BCUT2D eigenvalue weighted by atomic mass is 79.9. The molecule has 1 nitrogen and oxygen atoms in total. The third-order valence-electron chi connectivity index (χ3n) is 3.04. The van der Waals surface area contributed by atoms with Gasteiger partial charge in [0, 0.05) is 30.4 Å². The van der Waals surface area contributed by atoms with Crippen molar-refractivity contribution in [1.29, 1.82) is 0 Å². The molecule has 17 heavy (non-hydrogen) atoms. The number of nitrogens with zero attached hydrogens (tertiary/aromatic N) is 1. The molecule has 0 spiro atoms. The van der Waals surface area contributed by atoms with E-state index in [0.29, 0.717) is 0 Å². The molecule has 1 heterocycles. The molecule has 0 radical (unpaired) electrons. The lowest BCUT2D eigenvalue weighted by molar-refractivity contribution is 0.577. The first-order chi connectivity index (χ1) is 8.42. The molecule has 1 aromatic rings. The van der Waals surface area contributed by atoms with Gasteiger partial charge in [0.1, 0.15) is 0 Å². The minimum Gasteiger partial charge on any atom is -0.371 e. The van der Waals surface area contributed by atoms with Gasteiger partial charge < -0.3 is 4.90 Å². The van der Waals surface area contributed by atoms with E-state index >= 15 is 0 Å². The van der Waals surface area contributed by atoms with Crippen LogP contribution in [0.1, 0.15) is 31.2 Å². The Morgan fingerprint density at radius 2 is 1.88 bits per heavy atom. The molecule has 1 aliphatic heterocycles. The van der Waals surface area contributed by atoms with Crippen LogP contribution >= 0.6 is 15.9 Å². The molecule has 1 aromatic carbocycles. The van der Waals surface area contributed by atoms with Gasteiger partial charge in [0.2, 0.25) is 0 Å². The van der Waals surface area contributed by atoms with Crippen molar-refractivity contribution in [1.82, 2.24) is 0 Å². The molecule has 0 N–H and O–H groups in total. The molecule has 0 aliphatic carbocycles. The van der Waals surface area contributed by atoms with Crippen molar-refractivity contribution in [3.05, 3.63) is 29.8 Å². The van der Waals surface area contributed by atoms with Crippen LogP contribution in [0, 0.1) is 11.8 Å². The molecule has 2 heteroatoms. The average Bonchev–Trinajstić information content (AvgIpc) is 2.41. The highest BCUT2D eigenvalue weighted by Gasteiger charge is 2.12. The van der Waals surface area contributed by atoms with Gasteiger partial charge in [-0.15, -0.1) is 0 Å². The quantitative estimate of drug-likeness (QED) is 0.592. The Morgan fingerprint density at radius 1 is 1.12 bits per heavy atom. The first-order valence-corrected chi connectivity index (χ1v) is 7.43. The van der Waals surface area contributed by atoms with Gasteiger partial charge >= 0.3 is 0 Å². The zero-order valence-electron chi connectivity index (χ0n) is 10.1. The minimum absolute atomic E-state index is 0.911. The molecule has 0 bridgehead atoms. The number of halogens is 1. The monoisotopic (exact) mass is 291 g/mol. The Balaban J connectivity index is 2.18. The molecule has 1 aliphatic rings. The molecule has 0 unspecified atom stereocenters. The van der Waals surface area contributed by atoms with Crippen LogP contribution in [0.4, 0.5) is 5.69 Å². The summed E-state index contributed by atoms with van der Waals surface area (Å²) in [6.07, 6.45) is 4.90. The fourth-order valence-corrected chi connectivity index (χ4v) is 2.39. The summed E-state index contributed by atoms with van der Waals surface area (Å²) in [5.74, 6) is 6.50. The lowest BCUT2D eigenvalue weighted by Crippen LogP contribution is -2.29. The van der Waals surface area contributed by atoms with Crippen LogP contribution in [-0.2, 0) is 0 Å². The Bertz CT molecular complexity index is 410. The fourth-order valence-electron chi connectivity index (χ4n) is 2.19. The summed E-state index contributed by atoms with van der Waals surface area (Å²) in [7, 11) is 0. The van der Waals surface area contributed by atoms with Crippen LogP contribution in [0.2, 0.25) is 0 Å². The van der Waals surface area contributed by atoms with Gasteiger partial charge in [-0.25, -0.2) is 0 Å². The minimum atomic E-state index is 0.911. The van der Waals surface area contributed by atoms with E-state index in [1.807, 2.05) is 0 Å². The zero-order chi connectivity index (χ0) is 11.9. The zero-order valence-corrected chi connectivity index (χ0v) is 11.7. The molecule has 1 fully saturated rings. The van der Waals surface area contributed by atoms with Crippen molar-refractivity contribution in [2.24, 2.45) is 0 Å². The molecule has 90 valence electrons. The standard InChI is InChI=1S/C15H18BrN/c16-11-5-4-9-14-8-2-3-10-15(14)17-12-6-1-7-13-17/h2-3,8,10H,1,5-7,11-13H2. The SMILES string of the molecule is BrCCC#Cc1ccccc1N1CCCCC1. The third-order valence-corrected chi connectivity index (χ3v) is 3.44. The summed E-state index contributed by atoms with van der Waals surface area (Å²) in [6, 6.07) is 8.51. The van der Waals surface area contributed by atoms with E-state index in [4.69, 9.17) is 0 Å². The lowest BCUT2D eigenvalue weighted by atomic mass is 10.1. The van der Waals surface area contributed by atoms with Gasteiger partial charge in [-0.05, 0) is 31.4 Å². The van der Waals surface area contributed by atoms with E-state index in [9.17, 15) is 0 Å². The van der Waals surface area contributed by atoms with E-state index in [1.165, 1.54) is 43.6 Å². The van der Waals surface area contributed by atoms with Gasteiger partial charge in [0.15, 0.2) is 0 Å². The Labute approximate surface area is 112 Å². The second kappa shape index (κ2) is 6.71. The summed E-state index contributed by atoms with van der Waals surface area (Å²) in [5, 5.41) is 0.950. The Hall–Kier alpha value is -0.940. The number of hydrogen-bond acceptors (Lipinski definition) is 1. The number of anilines is 1. The number of para-hydroxylation sites is 1. The van der Waals surface area contributed by atoms with Crippen molar-refractivity contribution >= 4 is 21.6 Å². The molecule has 0 atom stereocenters. The van der Waals surface area contributed by atoms with Crippen molar-refractivity contribution in [3.63, 3.8) is 0 Å². The van der Waals surface area contributed by atoms with E-state index in [1.54, 1.807) is 0 Å². The maximum Gasteiger partial charge on any atom is 0.0525 e. The summed E-state index contributed by atoms with van der Waals surface area (Å²) < 4.78 is 0. The highest BCUT2D eigenvalue weighted by Crippen LogP contribution is 2.23. The average molecular weight is 292 g/mol. The molecular weight excluding hydrogens is 274 g/mol. The Morgan fingerprint density at radius 3 is 2.65 bits per heavy atom. The number of benzene rings is 1. The van der Waals surface area contributed by atoms with E-state index in [-0.39, 0.29) is 0 Å². The fraction of sp³-hybridized carbons (Fsp3) is 0.467. The predicted molar refractivity (Wildman–Crippen MR) is 77.8 cm³/mol. The van der Waals surface area contributed by atoms with Gasteiger partial charge in [-0.2, -0.15) is 0 Å². The second-order valence-corrected chi connectivity index (χ2v) is 5.10. The van der Waals surface area contributed by atoms with Crippen molar-refractivity contribution in [2.45, 2.75) is 25.7 Å². The van der Waals surface area contributed by atoms with Gasteiger partial charge in [0.05, 0.1) is 5.69 Å². The van der Waals surface area contributed by atoms with E-state index < -0.39 is 0 Å². The smallest absolute Gasteiger partial charge is 0.0525 e. The first-order valence-electron chi connectivity index (χ1n) is 6.30. The number of alkyl halides is 1. The number of piperidine rings is 1. The Kier molecular flexibility index (Phi) is 4.94. The maximum absolute atomic E-state index is 3.41. The molecule has 0 aromatic heterocycles. The van der Waals surface area contributed by atoms with Gasteiger partial charge in [-0.3, -0.25) is 0 Å². The van der Waals surface area contributed by atoms with Crippen LogP contribution < -0.4 is 4.90 Å². The summed E-state index contributed by atoms with van der Waals surface area (Å²) in [6.45, 7) is 2.36. The largest absolute Gasteiger partial charge is 0.371 e. The maximum atomic E-state index is 3.41. The molecule has 0 amide bonds. The molecule has 0 saturated carbocycles. The predicted octanol–water partition coefficient (Wildman–Crippen LogP) is 3.81. The van der Waals surface area contributed by atoms with E-state index in [2.05, 4.69) is 56.9 Å². The van der Waals surface area contributed by atoms with Crippen molar-refractivity contribution in [2.75, 3.05) is 23.3 Å². The third kappa shape index (κ3) is 3.51. The molecular formula is C15H18BrN. The van der Waals surface area contributed by atoms with Crippen LogP contribution in [0.15, 0.2) is 24.3 Å². The van der Waals surface area contributed by atoms with Crippen LogP contribution in [0.25, 0.3) is 0 Å². The normalized spacial score (nSPS) is 15.2. The van der Waals surface area contributed by atoms with Crippen molar-refractivity contribution in [3.8, 4) is 11.8 Å². The molecule has 2 rings (SSSR count). The highest BCUT2D eigenvalue weighted by molar-refractivity contribution is 9.09. The summed E-state index contributed by atoms with van der Waals surface area (Å²) in [5.41, 5.74) is 2.49.